The van der Waals surface area contributed by atoms with Gasteiger partial charge in [0.05, 0.1) is 12.2 Å². The molecule has 11 nitrogen and oxygen atoms in total. The third-order valence-electron chi connectivity index (χ3n) is 7.46. The molecule has 1 unspecified atom stereocenters. The largest absolute Gasteiger partial charge is 0.391 e. The molecule has 0 saturated carbocycles. The number of carbonyl (C=O) groups is 4. The molecule has 11 heteroatoms. The maximum Gasteiger partial charge on any atom is 0.247 e. The van der Waals surface area contributed by atoms with Crippen LogP contribution in [-0.4, -0.2) is 92.6 Å². The van der Waals surface area contributed by atoms with E-state index < -0.39 is 53.6 Å². The van der Waals surface area contributed by atoms with Gasteiger partial charge in [0, 0.05) is 19.5 Å². The highest BCUT2D eigenvalue weighted by atomic mass is 16.3. The van der Waals surface area contributed by atoms with Gasteiger partial charge in [-0.3, -0.25) is 19.2 Å². The first-order valence-corrected chi connectivity index (χ1v) is 12.8. The van der Waals surface area contributed by atoms with E-state index in [4.69, 9.17) is 11.5 Å². The van der Waals surface area contributed by atoms with Crippen molar-refractivity contribution in [2.75, 3.05) is 13.1 Å². The number of amides is 4. The molecule has 1 aromatic carbocycles. The van der Waals surface area contributed by atoms with Crippen molar-refractivity contribution >= 4 is 23.6 Å². The topological polar surface area (TPSA) is 179 Å². The van der Waals surface area contributed by atoms with Crippen molar-refractivity contribution in [2.24, 2.45) is 11.5 Å². The smallest absolute Gasteiger partial charge is 0.247 e. The maximum absolute atomic E-state index is 14.0. The number of nitrogens with two attached hydrogens (primary N) is 2. The van der Waals surface area contributed by atoms with Gasteiger partial charge in [-0.1, -0.05) is 29.8 Å². The van der Waals surface area contributed by atoms with Crippen LogP contribution in [0.1, 0.15) is 50.7 Å². The van der Waals surface area contributed by atoms with E-state index >= 15 is 0 Å². The van der Waals surface area contributed by atoms with Gasteiger partial charge in [-0.05, 0) is 52.0 Å². The predicted molar refractivity (Wildman–Crippen MR) is 136 cm³/mol. The Labute approximate surface area is 217 Å². The Bertz CT molecular complexity index is 1030. The van der Waals surface area contributed by atoms with Gasteiger partial charge in [-0.2, -0.15) is 0 Å². The quantitative estimate of drug-likeness (QED) is 0.277. The molecule has 2 heterocycles. The first kappa shape index (κ1) is 28.5. The second-order valence-corrected chi connectivity index (χ2v) is 10.3. The summed E-state index contributed by atoms with van der Waals surface area (Å²) in [6, 6.07) is 4.30. The van der Waals surface area contributed by atoms with E-state index in [1.165, 1.54) is 23.6 Å². The molecular formula is C26H39N5O6. The summed E-state index contributed by atoms with van der Waals surface area (Å²) in [7, 11) is 0. The second kappa shape index (κ2) is 11.6. The van der Waals surface area contributed by atoms with Crippen LogP contribution in [0.4, 0.5) is 0 Å². The van der Waals surface area contributed by atoms with Crippen LogP contribution in [0.3, 0.4) is 0 Å². The van der Waals surface area contributed by atoms with Gasteiger partial charge in [-0.25, -0.2) is 0 Å². The zero-order valence-electron chi connectivity index (χ0n) is 21.7. The third-order valence-corrected chi connectivity index (χ3v) is 7.46. The van der Waals surface area contributed by atoms with Crippen LogP contribution >= 0.6 is 0 Å². The fraction of sp³-hybridized carbons (Fsp3) is 0.615. The number of nitrogens with one attached hydrogen (secondary N) is 1. The summed E-state index contributed by atoms with van der Waals surface area (Å²) in [6.45, 7) is 5.32. The lowest BCUT2D eigenvalue weighted by Gasteiger charge is -2.41. The first-order chi connectivity index (χ1) is 17.4. The lowest BCUT2D eigenvalue weighted by molar-refractivity contribution is -0.152. The lowest BCUT2D eigenvalue weighted by Crippen LogP contribution is -2.65. The molecule has 2 fully saturated rings. The molecule has 0 aliphatic carbocycles. The molecule has 204 valence electrons. The minimum absolute atomic E-state index is 0.186. The van der Waals surface area contributed by atoms with Crippen molar-refractivity contribution in [1.82, 2.24) is 15.1 Å². The number of aliphatic hydroxyl groups excluding tert-OH is 2. The molecule has 37 heavy (non-hydrogen) atoms. The Balaban J connectivity index is 1.98. The number of carbonyl (C=O) groups excluding carboxylic acids is 4. The van der Waals surface area contributed by atoms with Crippen molar-refractivity contribution in [3.8, 4) is 0 Å². The lowest BCUT2D eigenvalue weighted by atomic mass is 9.85. The summed E-state index contributed by atoms with van der Waals surface area (Å²) >= 11 is 0. The molecule has 2 aliphatic rings. The summed E-state index contributed by atoms with van der Waals surface area (Å²) < 4.78 is 0. The number of hydrogen-bond acceptors (Lipinski definition) is 7. The number of likely N-dealkylation sites (tertiary alicyclic amines) is 2. The summed E-state index contributed by atoms with van der Waals surface area (Å²) in [6.07, 6.45) is -0.253. The van der Waals surface area contributed by atoms with Gasteiger partial charge in [0.15, 0.2) is 0 Å². The summed E-state index contributed by atoms with van der Waals surface area (Å²) in [4.78, 5) is 55.7. The Morgan fingerprint density at radius 1 is 1.14 bits per heavy atom. The van der Waals surface area contributed by atoms with Crippen LogP contribution in [-0.2, 0) is 25.6 Å². The van der Waals surface area contributed by atoms with E-state index in [9.17, 15) is 29.4 Å². The molecule has 1 aromatic rings. The number of rotatable bonds is 9. The van der Waals surface area contributed by atoms with E-state index in [1.807, 2.05) is 31.2 Å². The van der Waals surface area contributed by atoms with Crippen molar-refractivity contribution in [1.29, 1.82) is 0 Å². The summed E-state index contributed by atoms with van der Waals surface area (Å²) in [5.74, 6) is -2.36. The fourth-order valence-electron chi connectivity index (χ4n) is 5.43. The van der Waals surface area contributed by atoms with Crippen LogP contribution < -0.4 is 16.8 Å². The van der Waals surface area contributed by atoms with Gasteiger partial charge < -0.3 is 36.8 Å². The average molecular weight is 518 g/mol. The Morgan fingerprint density at radius 3 is 2.43 bits per heavy atom. The van der Waals surface area contributed by atoms with E-state index in [0.29, 0.717) is 32.2 Å². The maximum atomic E-state index is 14.0. The first-order valence-electron chi connectivity index (χ1n) is 12.8. The van der Waals surface area contributed by atoms with Crippen LogP contribution in [0.15, 0.2) is 24.3 Å². The van der Waals surface area contributed by atoms with Gasteiger partial charge >= 0.3 is 0 Å². The van der Waals surface area contributed by atoms with E-state index in [1.54, 1.807) is 0 Å². The molecule has 2 saturated heterocycles. The highest BCUT2D eigenvalue weighted by Crippen LogP contribution is 2.36. The second-order valence-electron chi connectivity index (χ2n) is 10.3. The Kier molecular flexibility index (Phi) is 8.93. The highest BCUT2D eigenvalue weighted by molar-refractivity contribution is 5.98. The van der Waals surface area contributed by atoms with Gasteiger partial charge in [0.1, 0.15) is 23.7 Å². The SMILES string of the molecule is Cc1cccc(C[C@@]2(C(=O)N[C@H](C(N)=O)[C@@H](C)O)CCCN2C(=O)C2CCCN2C(=O)[C@@H](N)[C@@H](C)O)c1. The zero-order valence-corrected chi connectivity index (χ0v) is 21.7. The fourth-order valence-corrected chi connectivity index (χ4v) is 5.43. The number of nitrogens with zero attached hydrogens (tertiary/aromatic N) is 2. The number of primary amides is 1. The Hall–Kier alpha value is -3.02. The highest BCUT2D eigenvalue weighted by Gasteiger charge is 2.53. The zero-order chi connectivity index (χ0) is 27.5. The molecule has 0 bridgehead atoms. The number of benzene rings is 1. The normalized spacial score (nSPS) is 24.9. The summed E-state index contributed by atoms with van der Waals surface area (Å²) in [5.41, 5.74) is 11.8. The molecule has 4 amide bonds. The van der Waals surface area contributed by atoms with Crippen molar-refractivity contribution in [3.05, 3.63) is 35.4 Å². The molecule has 0 aromatic heterocycles. The molecule has 0 radical (unpaired) electrons. The van der Waals surface area contributed by atoms with Gasteiger partial charge in [0.25, 0.3) is 0 Å². The van der Waals surface area contributed by atoms with E-state index in [0.717, 1.165) is 11.1 Å². The van der Waals surface area contributed by atoms with E-state index in [-0.39, 0.29) is 18.9 Å². The molecule has 6 atom stereocenters. The summed E-state index contributed by atoms with van der Waals surface area (Å²) in [5, 5.41) is 22.5. The molecular weight excluding hydrogens is 478 g/mol. The molecule has 2 aliphatic heterocycles. The molecule has 7 N–H and O–H groups in total. The number of aliphatic hydroxyl groups is 2. The minimum atomic E-state index is -1.35. The molecule has 0 spiro atoms. The van der Waals surface area contributed by atoms with Crippen molar-refractivity contribution < 1.29 is 29.4 Å². The van der Waals surface area contributed by atoms with Gasteiger partial charge in [-0.15, -0.1) is 0 Å². The standard InChI is InChI=1S/C26H39N5O6/c1-15-7-4-8-18(13-15)14-26(25(37)29-21(17(3)33)22(28)34)10-6-12-31(26)23(35)19-9-5-11-30(19)24(36)20(27)16(2)32/h4,7-8,13,16-17,19-21,32-33H,5-6,9-12,14,27H2,1-3H3,(H2,28,34)(H,29,37)/t16-,17-,19?,20+,21+,26-/m1/s1. The predicted octanol–water partition coefficient (Wildman–Crippen LogP) is -1.05. The Morgan fingerprint density at radius 2 is 1.84 bits per heavy atom. The van der Waals surface area contributed by atoms with Crippen molar-refractivity contribution in [3.63, 3.8) is 0 Å². The van der Waals surface area contributed by atoms with Crippen LogP contribution in [0.25, 0.3) is 0 Å². The van der Waals surface area contributed by atoms with Crippen LogP contribution in [0, 0.1) is 6.92 Å². The van der Waals surface area contributed by atoms with Crippen LogP contribution in [0.5, 0.6) is 0 Å². The average Bonchev–Trinajstić information content (AvgIpc) is 3.48. The number of hydrogen-bond donors (Lipinski definition) is 5. The van der Waals surface area contributed by atoms with Crippen LogP contribution in [0.2, 0.25) is 0 Å². The minimum Gasteiger partial charge on any atom is -0.391 e. The molecule has 3 rings (SSSR count). The van der Waals surface area contributed by atoms with Gasteiger partial charge in [0.2, 0.25) is 23.6 Å². The monoisotopic (exact) mass is 517 g/mol. The third kappa shape index (κ3) is 5.94. The van der Waals surface area contributed by atoms with E-state index in [2.05, 4.69) is 5.32 Å². The number of aryl methyl sites for hydroxylation is 1. The van der Waals surface area contributed by atoms with Crippen molar-refractivity contribution in [2.45, 2.75) is 88.7 Å².